The van der Waals surface area contributed by atoms with E-state index in [0.717, 1.165) is 0 Å². The molecule has 3 nitrogen and oxygen atoms in total. The first-order valence-electron chi connectivity index (χ1n) is 4.06. The van der Waals surface area contributed by atoms with Gasteiger partial charge in [-0.25, -0.2) is 8.42 Å². The fourth-order valence-corrected chi connectivity index (χ4v) is 0.875. The number of benzene rings is 1. The van der Waals surface area contributed by atoms with Gasteiger partial charge in [0, 0.05) is 0 Å². The van der Waals surface area contributed by atoms with Crippen LogP contribution in [0.2, 0.25) is 0 Å². The van der Waals surface area contributed by atoms with Crippen molar-refractivity contribution in [2.45, 2.75) is 6.92 Å². The van der Waals surface area contributed by atoms with Crippen LogP contribution in [-0.2, 0) is 15.2 Å². The molecule has 78 valence electrons. The molecule has 1 aromatic carbocycles. The van der Waals surface area contributed by atoms with Crippen molar-refractivity contribution in [3.05, 3.63) is 48.6 Å². The van der Waals surface area contributed by atoms with Gasteiger partial charge in [0.05, 0.1) is 6.61 Å². The van der Waals surface area contributed by atoms with Gasteiger partial charge in [0.25, 0.3) is 11.0 Å². The topological polar surface area (TPSA) is 43.4 Å². The molecule has 1 aromatic rings. The first-order valence-corrected chi connectivity index (χ1v) is 5.16. The molecule has 0 atom stereocenters. The van der Waals surface area contributed by atoms with E-state index in [0.29, 0.717) is 0 Å². The molecule has 0 fully saturated rings. The fourth-order valence-electron chi connectivity index (χ4n) is 0.648. The Morgan fingerprint density at radius 3 is 2.14 bits per heavy atom. The lowest BCUT2D eigenvalue weighted by Crippen LogP contribution is -1.85. The lowest BCUT2D eigenvalue weighted by atomic mass is 10.2. The van der Waals surface area contributed by atoms with E-state index in [9.17, 15) is 8.42 Å². The highest BCUT2D eigenvalue weighted by molar-refractivity contribution is 7.67. The minimum Gasteiger partial charge on any atom is -0.268 e. The van der Waals surface area contributed by atoms with Crippen LogP contribution in [0.4, 0.5) is 0 Å². The molecule has 0 aliphatic heterocycles. The molecule has 0 aliphatic rings. The Kier molecular flexibility index (Phi) is 7.78. The molecule has 0 radical (unpaired) electrons. The summed E-state index contributed by atoms with van der Waals surface area (Å²) in [5.74, 6) is 0. The maximum Gasteiger partial charge on any atom is 0.257 e. The van der Waals surface area contributed by atoms with Crippen LogP contribution in [0.3, 0.4) is 0 Å². The highest BCUT2D eigenvalue weighted by atomic mass is 32.2. The molecule has 0 heterocycles. The Labute approximate surface area is 86.2 Å². The second kappa shape index (κ2) is 8.47. The first-order chi connectivity index (χ1) is 6.66. The van der Waals surface area contributed by atoms with Crippen LogP contribution in [0.25, 0.3) is 0 Å². The van der Waals surface area contributed by atoms with Crippen LogP contribution >= 0.6 is 0 Å². The van der Waals surface area contributed by atoms with Crippen molar-refractivity contribution in [2.24, 2.45) is 0 Å². The summed E-state index contributed by atoms with van der Waals surface area (Å²) in [5, 5.41) is 0. The van der Waals surface area contributed by atoms with Crippen LogP contribution in [0.1, 0.15) is 5.56 Å². The van der Waals surface area contributed by atoms with E-state index >= 15 is 0 Å². The lowest BCUT2D eigenvalue weighted by molar-refractivity contribution is 0.375. The number of hydrogen-bond acceptors (Lipinski definition) is 3. The normalized spacial score (nSPS) is 9.00. The van der Waals surface area contributed by atoms with Crippen molar-refractivity contribution in [2.75, 3.05) is 6.61 Å². The summed E-state index contributed by atoms with van der Waals surface area (Å²) in [5.41, 5.74) is 1.32. The van der Waals surface area contributed by atoms with Crippen LogP contribution in [-0.4, -0.2) is 15.0 Å². The minimum atomic E-state index is -2.68. The lowest BCUT2D eigenvalue weighted by Gasteiger charge is -1.82. The zero-order valence-electron chi connectivity index (χ0n) is 8.05. The third kappa shape index (κ3) is 8.96. The van der Waals surface area contributed by atoms with Gasteiger partial charge in [-0.15, -0.1) is 6.58 Å². The van der Waals surface area contributed by atoms with Gasteiger partial charge < -0.3 is 0 Å². The average molecular weight is 214 g/mol. The summed E-state index contributed by atoms with van der Waals surface area (Å²) in [4.78, 5) is 0. The van der Waals surface area contributed by atoms with Gasteiger partial charge in [-0.3, -0.25) is 4.18 Å². The SMILES string of the molecule is C=CCO[SH](=O)=O.Cc1ccccc1. The minimum absolute atomic E-state index is 0.0682. The molecule has 1 rings (SSSR count). The van der Waals surface area contributed by atoms with Gasteiger partial charge >= 0.3 is 0 Å². The summed E-state index contributed by atoms with van der Waals surface area (Å²) >= 11 is 0. The van der Waals surface area contributed by atoms with Crippen LogP contribution in [0.15, 0.2) is 43.0 Å². The monoisotopic (exact) mass is 214 g/mol. The van der Waals surface area contributed by atoms with Crippen LogP contribution < -0.4 is 0 Å². The van der Waals surface area contributed by atoms with E-state index in [1.54, 1.807) is 0 Å². The molecule has 0 unspecified atom stereocenters. The summed E-state index contributed by atoms with van der Waals surface area (Å²) in [6.07, 6.45) is 1.37. The number of aryl methyl sites for hydroxylation is 1. The third-order valence-electron chi connectivity index (χ3n) is 1.24. The standard InChI is InChI=1S/C7H8.C3H6O3S/c1-7-5-3-2-4-6-7;1-2-3-6-7(4)5/h2-6H,1H3;2,7H,1,3H2. The number of hydrogen-bond donors (Lipinski definition) is 1. The molecule has 0 aliphatic carbocycles. The van der Waals surface area contributed by atoms with Crippen molar-refractivity contribution >= 4 is 11.0 Å². The molecule has 4 heteroatoms. The van der Waals surface area contributed by atoms with Gasteiger partial charge in [0.15, 0.2) is 0 Å². The molecule has 0 bridgehead atoms. The molecular weight excluding hydrogens is 200 g/mol. The maximum atomic E-state index is 9.53. The molecule has 0 spiro atoms. The highest BCUT2D eigenvalue weighted by Crippen LogP contribution is 1.92. The maximum absolute atomic E-state index is 9.53. The van der Waals surface area contributed by atoms with Crippen molar-refractivity contribution in [3.63, 3.8) is 0 Å². The molecule has 14 heavy (non-hydrogen) atoms. The van der Waals surface area contributed by atoms with Gasteiger partial charge in [-0.1, -0.05) is 42.0 Å². The zero-order chi connectivity index (χ0) is 10.8. The Morgan fingerprint density at radius 1 is 1.36 bits per heavy atom. The second-order valence-corrected chi connectivity index (χ2v) is 3.17. The Hall–Kier alpha value is -1.13. The predicted molar refractivity (Wildman–Crippen MR) is 57.6 cm³/mol. The van der Waals surface area contributed by atoms with Crippen molar-refractivity contribution < 1.29 is 12.6 Å². The van der Waals surface area contributed by atoms with E-state index in [2.05, 4.69) is 29.8 Å². The summed E-state index contributed by atoms with van der Waals surface area (Å²) in [7, 11) is -2.68. The van der Waals surface area contributed by atoms with E-state index in [4.69, 9.17) is 0 Å². The van der Waals surface area contributed by atoms with E-state index in [1.807, 2.05) is 18.2 Å². The number of thiol groups is 1. The average Bonchev–Trinajstić information content (AvgIpc) is 2.17. The highest BCUT2D eigenvalue weighted by Gasteiger charge is 1.75. The summed E-state index contributed by atoms with van der Waals surface area (Å²) in [6.45, 7) is 5.39. The smallest absolute Gasteiger partial charge is 0.257 e. The van der Waals surface area contributed by atoms with Crippen LogP contribution in [0, 0.1) is 6.92 Å². The fraction of sp³-hybridized carbons (Fsp3) is 0.200. The molecular formula is C10H14O3S. The first kappa shape index (κ1) is 12.9. The second-order valence-electron chi connectivity index (χ2n) is 2.46. The Balaban J connectivity index is 0.000000241. The van der Waals surface area contributed by atoms with Gasteiger partial charge in [0.1, 0.15) is 0 Å². The van der Waals surface area contributed by atoms with Crippen molar-refractivity contribution in [3.8, 4) is 0 Å². The van der Waals surface area contributed by atoms with Gasteiger partial charge in [0.2, 0.25) is 0 Å². The number of rotatable bonds is 3. The molecule has 0 saturated carbocycles. The largest absolute Gasteiger partial charge is 0.268 e. The molecule has 0 saturated heterocycles. The van der Waals surface area contributed by atoms with Gasteiger partial charge in [-0.2, -0.15) is 0 Å². The van der Waals surface area contributed by atoms with E-state index in [-0.39, 0.29) is 6.61 Å². The summed E-state index contributed by atoms with van der Waals surface area (Å²) in [6, 6.07) is 10.3. The Morgan fingerprint density at radius 2 is 1.93 bits per heavy atom. The van der Waals surface area contributed by atoms with E-state index in [1.165, 1.54) is 11.6 Å². The van der Waals surface area contributed by atoms with Gasteiger partial charge in [-0.05, 0) is 6.92 Å². The van der Waals surface area contributed by atoms with Crippen molar-refractivity contribution in [1.82, 2.24) is 0 Å². The van der Waals surface area contributed by atoms with Crippen LogP contribution in [0.5, 0.6) is 0 Å². The predicted octanol–water partition coefficient (Wildman–Crippen LogP) is 1.71. The van der Waals surface area contributed by atoms with Crippen molar-refractivity contribution in [1.29, 1.82) is 0 Å². The molecule has 0 aromatic heterocycles. The molecule has 0 N–H and O–H groups in total. The zero-order valence-corrected chi connectivity index (χ0v) is 8.94. The summed E-state index contributed by atoms with van der Waals surface area (Å²) < 4.78 is 23.1. The third-order valence-corrected chi connectivity index (χ3v) is 1.60. The Bertz CT molecular complexity index is 309. The quantitative estimate of drug-likeness (QED) is 0.615. The molecule has 0 amide bonds. The van der Waals surface area contributed by atoms with E-state index < -0.39 is 11.0 Å².